The number of nitrogens with one attached hydrogen (secondary N) is 2. The highest BCUT2D eigenvalue weighted by molar-refractivity contribution is 8.00. The van der Waals surface area contributed by atoms with Gasteiger partial charge in [-0.25, -0.2) is 8.78 Å². The van der Waals surface area contributed by atoms with Gasteiger partial charge in [0.1, 0.15) is 21.9 Å². The third kappa shape index (κ3) is 13.0. The highest BCUT2D eigenvalue weighted by atomic mass is 32.2. The van der Waals surface area contributed by atoms with Crippen LogP contribution < -0.4 is 22.1 Å². The molecule has 13 nitrogen and oxygen atoms in total. The van der Waals surface area contributed by atoms with Crippen LogP contribution in [0.25, 0.3) is 11.5 Å². The fourth-order valence-corrected chi connectivity index (χ4v) is 9.00. The molecule has 0 spiro atoms. The second-order valence-corrected chi connectivity index (χ2v) is 16.1. The Bertz CT molecular complexity index is 2220. The molecular weight excluding hydrogens is 803 g/mol. The summed E-state index contributed by atoms with van der Waals surface area (Å²) in [7, 11) is 0. The number of nitrogens with two attached hydrogens (primary N) is 2. The molecule has 2 amide bonds. The summed E-state index contributed by atoms with van der Waals surface area (Å²) >= 11 is 2.28. The quantitative estimate of drug-likeness (QED) is 0.0512. The van der Waals surface area contributed by atoms with Crippen molar-refractivity contribution in [3.63, 3.8) is 0 Å². The number of aliphatic carboxylic acids is 2. The lowest BCUT2D eigenvalue weighted by Crippen LogP contribution is -2.46. The molecule has 0 saturated carbocycles. The summed E-state index contributed by atoms with van der Waals surface area (Å²) in [5.74, 6) is -4.91. The van der Waals surface area contributed by atoms with Gasteiger partial charge in [0.2, 0.25) is 11.8 Å². The molecule has 2 aromatic heterocycles. The van der Waals surface area contributed by atoms with Gasteiger partial charge in [-0.3, -0.25) is 19.2 Å². The predicted molar refractivity (Wildman–Crippen MR) is 221 cm³/mol. The highest BCUT2D eigenvalue weighted by Gasteiger charge is 2.35. The van der Waals surface area contributed by atoms with E-state index in [1.165, 1.54) is 29.0 Å². The van der Waals surface area contributed by atoms with Gasteiger partial charge in [-0.05, 0) is 96.8 Å². The fourth-order valence-electron chi connectivity index (χ4n) is 6.69. The van der Waals surface area contributed by atoms with Crippen LogP contribution >= 0.6 is 23.1 Å². The number of carboxylic acids is 2. The van der Waals surface area contributed by atoms with Crippen molar-refractivity contribution in [1.82, 2.24) is 15.5 Å². The number of aromatic nitrogens is 2. The maximum absolute atomic E-state index is 13.8. The van der Waals surface area contributed by atoms with Crippen LogP contribution in [0, 0.1) is 17.6 Å². The maximum atomic E-state index is 13.8. The van der Waals surface area contributed by atoms with Crippen LogP contribution in [-0.2, 0) is 46.6 Å². The molecule has 1 unspecified atom stereocenters. The van der Waals surface area contributed by atoms with Gasteiger partial charge < -0.3 is 36.7 Å². The lowest BCUT2D eigenvalue weighted by atomic mass is 9.90. The van der Waals surface area contributed by atoms with Crippen molar-refractivity contribution in [2.75, 3.05) is 11.9 Å². The average molecular weight is 849 g/mol. The van der Waals surface area contributed by atoms with Crippen molar-refractivity contribution in [2.24, 2.45) is 17.4 Å². The van der Waals surface area contributed by atoms with Crippen molar-refractivity contribution >= 4 is 51.9 Å². The molecule has 0 saturated heterocycles. The third-order valence-corrected chi connectivity index (χ3v) is 12.0. The zero-order valence-corrected chi connectivity index (χ0v) is 33.9. The number of carbonyl (C=O) groups excluding carboxylic acids is 2. The summed E-state index contributed by atoms with van der Waals surface area (Å²) in [6.07, 6.45) is 4.40. The SMILES string of the molecule is CCc1cccc(CNC[C@H](C(N)Cc2cc(F)cc(F)c2)[C@H](Sc2nnc(-c3ccccc3)o2)C(=O)O)c1.NC(=O)c1c(NC(=O)CCC(=O)O)sc2c1CCCC2. The Balaban J connectivity index is 0.000000277. The molecule has 8 N–H and O–H groups in total. The second kappa shape index (κ2) is 21.5. The standard InChI is InChI=1S/C29H30F2N4O3S.C13H16N2O4S/c1-2-18-7-6-8-19(11-18)16-33-17-24(25(32)14-20-12-22(30)15-23(31)13-20)26(28(36)37)39-29-35-34-27(38-29)21-9-4-3-5-10-21;14-12(19)11-7-3-1-2-4-8(7)20-13(11)15-9(16)5-6-10(17)18/h3-13,15,24-26,33H,2,14,16-17,32H2,1H3,(H,36,37);1-6H2,(H2,14,19)(H,15,16)(H,17,18)/t24-,25?,26+;/m1./s1. The first-order valence-electron chi connectivity index (χ1n) is 19.0. The van der Waals surface area contributed by atoms with Crippen molar-refractivity contribution in [1.29, 1.82) is 0 Å². The van der Waals surface area contributed by atoms with Crippen molar-refractivity contribution < 1.29 is 42.6 Å². The summed E-state index contributed by atoms with van der Waals surface area (Å²) in [4.78, 5) is 47.3. The van der Waals surface area contributed by atoms with Gasteiger partial charge in [0.05, 0.1) is 12.0 Å². The van der Waals surface area contributed by atoms with E-state index in [0.29, 0.717) is 28.2 Å². The first-order valence-corrected chi connectivity index (χ1v) is 20.7. The van der Waals surface area contributed by atoms with Gasteiger partial charge in [0, 0.05) is 48.0 Å². The second-order valence-electron chi connectivity index (χ2n) is 14.0. The van der Waals surface area contributed by atoms with Gasteiger partial charge in [-0.1, -0.05) is 49.4 Å². The number of benzene rings is 3. The fraction of sp³-hybridized carbons (Fsp3) is 0.333. The monoisotopic (exact) mass is 848 g/mol. The number of thiophene rings is 1. The van der Waals surface area contributed by atoms with Crippen molar-refractivity contribution in [3.05, 3.63) is 117 Å². The molecular formula is C42H46F2N6O7S2. The molecule has 0 radical (unpaired) electrons. The number of rotatable bonds is 18. The minimum atomic E-state index is -1.11. The van der Waals surface area contributed by atoms with Crippen LogP contribution in [0.3, 0.4) is 0 Å². The summed E-state index contributed by atoms with van der Waals surface area (Å²) in [6.45, 7) is 2.81. The van der Waals surface area contributed by atoms with Crippen LogP contribution in [0.2, 0.25) is 0 Å². The largest absolute Gasteiger partial charge is 0.481 e. The Morgan fingerprint density at radius 1 is 0.915 bits per heavy atom. The van der Waals surface area contributed by atoms with E-state index in [1.807, 2.05) is 48.5 Å². The van der Waals surface area contributed by atoms with E-state index in [-0.39, 0.29) is 36.9 Å². The summed E-state index contributed by atoms with van der Waals surface area (Å²) in [5, 5.41) is 32.3. The molecule has 312 valence electrons. The number of carboxylic acid groups (broad SMARTS) is 2. The topological polar surface area (TPSA) is 224 Å². The van der Waals surface area contributed by atoms with Gasteiger partial charge in [0.15, 0.2) is 0 Å². The lowest BCUT2D eigenvalue weighted by Gasteiger charge is -2.29. The number of primary amides is 1. The maximum Gasteiger partial charge on any atom is 0.317 e. The van der Waals surface area contributed by atoms with E-state index in [4.69, 9.17) is 21.0 Å². The van der Waals surface area contributed by atoms with Crippen LogP contribution in [-0.4, -0.2) is 62.0 Å². The highest BCUT2D eigenvalue weighted by Crippen LogP contribution is 2.38. The number of anilines is 1. The number of amides is 2. The van der Waals surface area contributed by atoms with Crippen LogP contribution in [0.15, 0.2) is 82.4 Å². The molecule has 0 aliphatic heterocycles. The van der Waals surface area contributed by atoms with E-state index in [9.17, 15) is 33.1 Å². The number of nitrogens with zero attached hydrogens (tertiary/aromatic N) is 2. The van der Waals surface area contributed by atoms with E-state index < -0.39 is 52.6 Å². The number of aryl methyl sites for hydroxylation is 2. The first-order chi connectivity index (χ1) is 28.3. The summed E-state index contributed by atoms with van der Waals surface area (Å²) < 4.78 is 33.4. The number of carbonyl (C=O) groups is 4. The van der Waals surface area contributed by atoms with Gasteiger partial charge in [0.25, 0.3) is 11.1 Å². The molecule has 3 aromatic carbocycles. The molecule has 59 heavy (non-hydrogen) atoms. The van der Waals surface area contributed by atoms with Crippen LogP contribution in [0.1, 0.15) is 70.1 Å². The third-order valence-electron chi connectivity index (χ3n) is 9.58. The van der Waals surface area contributed by atoms with Crippen molar-refractivity contribution in [2.45, 2.75) is 81.3 Å². The normalized spacial score (nSPS) is 13.6. The van der Waals surface area contributed by atoms with Gasteiger partial charge in [-0.15, -0.1) is 21.5 Å². The Labute approximate surface area is 348 Å². The average Bonchev–Trinajstić information content (AvgIpc) is 3.83. The zero-order chi connectivity index (χ0) is 42.5. The molecule has 0 bridgehead atoms. The summed E-state index contributed by atoms with van der Waals surface area (Å²) in [6, 6.07) is 19.7. The van der Waals surface area contributed by atoms with Gasteiger partial charge >= 0.3 is 11.9 Å². The van der Waals surface area contributed by atoms with Crippen LogP contribution in [0.4, 0.5) is 13.8 Å². The van der Waals surface area contributed by atoms with Crippen molar-refractivity contribution in [3.8, 4) is 11.5 Å². The molecule has 1 aliphatic carbocycles. The Hall–Kier alpha value is -5.49. The van der Waals surface area contributed by atoms with E-state index in [1.54, 1.807) is 0 Å². The lowest BCUT2D eigenvalue weighted by molar-refractivity contribution is -0.138. The minimum absolute atomic E-state index is 0.0792. The minimum Gasteiger partial charge on any atom is -0.481 e. The molecule has 2 heterocycles. The van der Waals surface area contributed by atoms with E-state index >= 15 is 0 Å². The number of hydrogen-bond donors (Lipinski definition) is 6. The zero-order valence-electron chi connectivity index (χ0n) is 32.3. The molecule has 3 atom stereocenters. The smallest absolute Gasteiger partial charge is 0.317 e. The van der Waals surface area contributed by atoms with E-state index in [0.717, 1.165) is 65.9 Å². The molecule has 0 fully saturated rings. The van der Waals surface area contributed by atoms with E-state index in [2.05, 4.69) is 33.8 Å². The Morgan fingerprint density at radius 2 is 1.63 bits per heavy atom. The Morgan fingerprint density at radius 3 is 2.31 bits per heavy atom. The Kier molecular flexibility index (Phi) is 16.3. The number of halogens is 2. The predicted octanol–water partition coefficient (Wildman–Crippen LogP) is 6.63. The van der Waals surface area contributed by atoms with Crippen LogP contribution in [0.5, 0.6) is 0 Å². The molecule has 5 aromatic rings. The number of fused-ring (bicyclic) bond motifs is 1. The molecule has 17 heteroatoms. The number of hydrogen-bond acceptors (Lipinski definition) is 11. The first kappa shape index (κ1) is 44.6. The molecule has 1 aliphatic rings. The summed E-state index contributed by atoms with van der Waals surface area (Å²) in [5.41, 5.74) is 16.6. The molecule has 6 rings (SSSR count). The number of thioether (sulfide) groups is 1. The van der Waals surface area contributed by atoms with Gasteiger partial charge in [-0.2, -0.15) is 0 Å².